The van der Waals surface area contributed by atoms with Crippen molar-refractivity contribution in [1.82, 2.24) is 4.90 Å². The third kappa shape index (κ3) is 3.80. The fourth-order valence-electron chi connectivity index (χ4n) is 1.06. The Hall–Kier alpha value is -1.22. The van der Waals surface area contributed by atoms with Crippen LogP contribution >= 0.6 is 11.6 Å². The maximum Gasteiger partial charge on any atom is 0.241 e. The maximum absolute atomic E-state index is 11.5. The molecule has 0 heterocycles. The third-order valence-corrected chi connectivity index (χ3v) is 2.44. The van der Waals surface area contributed by atoms with E-state index in [-0.39, 0.29) is 5.91 Å². The van der Waals surface area contributed by atoms with Gasteiger partial charge in [0, 0.05) is 24.3 Å². The number of halogens is 1. The van der Waals surface area contributed by atoms with E-state index in [1.165, 1.54) is 0 Å². The Bertz CT molecular complexity index is 324. The molecule has 1 aromatic rings. The minimum Gasteiger partial charge on any atom is -0.376 e. The fourth-order valence-corrected chi connectivity index (χ4v) is 1.18. The van der Waals surface area contributed by atoms with Crippen LogP contribution in [0, 0.1) is 0 Å². The van der Waals surface area contributed by atoms with E-state index in [4.69, 9.17) is 11.6 Å². The molecule has 0 spiro atoms. The lowest BCUT2D eigenvalue weighted by molar-refractivity contribution is -0.127. The molecule has 0 atom stereocenters. The van der Waals surface area contributed by atoms with Crippen LogP contribution in [0.5, 0.6) is 0 Å². The van der Waals surface area contributed by atoms with Crippen LogP contribution in [0.3, 0.4) is 0 Å². The molecule has 15 heavy (non-hydrogen) atoms. The summed E-state index contributed by atoms with van der Waals surface area (Å²) in [6, 6.07) is 7.28. The Morgan fingerprint density at radius 2 is 2.00 bits per heavy atom. The Morgan fingerprint density at radius 1 is 1.40 bits per heavy atom. The van der Waals surface area contributed by atoms with Crippen LogP contribution < -0.4 is 5.32 Å². The molecule has 0 aliphatic heterocycles. The number of nitrogens with one attached hydrogen (secondary N) is 1. The summed E-state index contributed by atoms with van der Waals surface area (Å²) in [7, 11) is 1.78. The van der Waals surface area contributed by atoms with Gasteiger partial charge in [0.1, 0.15) is 0 Å². The monoisotopic (exact) mass is 226 g/mol. The number of likely N-dealkylation sites (N-methyl/N-ethyl adjacent to an activating group) is 1. The number of anilines is 1. The average Bonchev–Trinajstić information content (AvgIpc) is 2.26. The zero-order chi connectivity index (χ0) is 11.3. The third-order valence-electron chi connectivity index (χ3n) is 2.19. The minimum absolute atomic E-state index is 0.0763. The van der Waals surface area contributed by atoms with E-state index in [1.807, 2.05) is 19.1 Å². The van der Waals surface area contributed by atoms with Gasteiger partial charge in [-0.3, -0.25) is 4.79 Å². The Kier molecular flexibility index (Phi) is 4.43. The Labute approximate surface area is 95.0 Å². The molecule has 0 aliphatic carbocycles. The first kappa shape index (κ1) is 11.9. The highest BCUT2D eigenvalue weighted by atomic mass is 35.5. The van der Waals surface area contributed by atoms with Gasteiger partial charge in [-0.15, -0.1) is 0 Å². The number of benzene rings is 1. The van der Waals surface area contributed by atoms with Crippen molar-refractivity contribution < 1.29 is 4.79 Å². The Morgan fingerprint density at radius 3 is 2.53 bits per heavy atom. The molecule has 0 unspecified atom stereocenters. The number of rotatable bonds is 4. The second kappa shape index (κ2) is 5.61. The molecule has 1 amide bonds. The SMILES string of the molecule is CCN(C)C(=O)CNc1ccc(Cl)cc1. The highest BCUT2D eigenvalue weighted by Crippen LogP contribution is 2.12. The first-order valence-electron chi connectivity index (χ1n) is 4.87. The Balaban J connectivity index is 2.43. The summed E-state index contributed by atoms with van der Waals surface area (Å²) in [6.45, 7) is 2.98. The number of nitrogens with zero attached hydrogens (tertiary/aromatic N) is 1. The minimum atomic E-state index is 0.0763. The lowest BCUT2D eigenvalue weighted by Gasteiger charge is -2.15. The van der Waals surface area contributed by atoms with E-state index in [0.29, 0.717) is 11.6 Å². The molecule has 1 aromatic carbocycles. The predicted octanol–water partition coefficient (Wildman–Crippen LogP) is 2.23. The normalized spacial score (nSPS) is 9.80. The van der Waals surface area contributed by atoms with Gasteiger partial charge in [-0.25, -0.2) is 0 Å². The molecule has 0 saturated carbocycles. The van der Waals surface area contributed by atoms with E-state index >= 15 is 0 Å². The van der Waals surface area contributed by atoms with E-state index in [2.05, 4.69) is 5.32 Å². The average molecular weight is 227 g/mol. The van der Waals surface area contributed by atoms with Crippen molar-refractivity contribution in [3.05, 3.63) is 29.3 Å². The molecule has 0 bridgehead atoms. The molecule has 0 aromatic heterocycles. The first-order valence-corrected chi connectivity index (χ1v) is 5.24. The van der Waals surface area contributed by atoms with Gasteiger partial charge in [0.25, 0.3) is 0 Å². The number of carbonyl (C=O) groups is 1. The quantitative estimate of drug-likeness (QED) is 0.854. The summed E-state index contributed by atoms with van der Waals surface area (Å²) in [4.78, 5) is 13.1. The van der Waals surface area contributed by atoms with Gasteiger partial charge < -0.3 is 10.2 Å². The molecule has 3 nitrogen and oxygen atoms in total. The second-order valence-corrected chi connectivity index (χ2v) is 3.70. The van der Waals surface area contributed by atoms with Gasteiger partial charge in [0.05, 0.1) is 6.54 Å². The molecular formula is C11H15ClN2O. The van der Waals surface area contributed by atoms with Crippen molar-refractivity contribution in [1.29, 1.82) is 0 Å². The van der Waals surface area contributed by atoms with Crippen LogP contribution in [0.2, 0.25) is 5.02 Å². The zero-order valence-corrected chi connectivity index (χ0v) is 9.71. The molecule has 4 heteroatoms. The van der Waals surface area contributed by atoms with E-state index in [1.54, 1.807) is 24.1 Å². The molecule has 82 valence electrons. The number of hydrogen-bond donors (Lipinski definition) is 1. The van der Waals surface area contributed by atoms with Crippen molar-refractivity contribution in [3.63, 3.8) is 0 Å². The van der Waals surface area contributed by atoms with Crippen LogP contribution in [-0.4, -0.2) is 30.9 Å². The van der Waals surface area contributed by atoms with Gasteiger partial charge in [-0.2, -0.15) is 0 Å². The van der Waals surface area contributed by atoms with Crippen molar-refractivity contribution in [2.75, 3.05) is 25.5 Å². The van der Waals surface area contributed by atoms with Crippen molar-refractivity contribution in [2.45, 2.75) is 6.92 Å². The molecule has 1 rings (SSSR count). The molecular weight excluding hydrogens is 212 g/mol. The zero-order valence-electron chi connectivity index (χ0n) is 8.96. The van der Waals surface area contributed by atoms with E-state index in [0.717, 1.165) is 12.2 Å². The topological polar surface area (TPSA) is 32.3 Å². The number of amides is 1. The predicted molar refractivity (Wildman–Crippen MR) is 63.3 cm³/mol. The first-order chi connectivity index (χ1) is 7.13. The summed E-state index contributed by atoms with van der Waals surface area (Å²) in [5, 5.41) is 3.73. The van der Waals surface area contributed by atoms with Gasteiger partial charge in [0.15, 0.2) is 0 Å². The van der Waals surface area contributed by atoms with Crippen molar-refractivity contribution in [2.24, 2.45) is 0 Å². The number of carbonyl (C=O) groups excluding carboxylic acids is 1. The molecule has 0 fully saturated rings. The molecule has 0 aliphatic rings. The van der Waals surface area contributed by atoms with Crippen LogP contribution in [0.25, 0.3) is 0 Å². The van der Waals surface area contributed by atoms with Crippen LogP contribution in [0.1, 0.15) is 6.92 Å². The second-order valence-electron chi connectivity index (χ2n) is 3.27. The van der Waals surface area contributed by atoms with Crippen molar-refractivity contribution in [3.8, 4) is 0 Å². The lowest BCUT2D eigenvalue weighted by Crippen LogP contribution is -2.31. The van der Waals surface area contributed by atoms with Crippen LogP contribution in [-0.2, 0) is 4.79 Å². The number of hydrogen-bond acceptors (Lipinski definition) is 2. The fraction of sp³-hybridized carbons (Fsp3) is 0.364. The van der Waals surface area contributed by atoms with E-state index < -0.39 is 0 Å². The standard InChI is InChI=1S/C11H15ClN2O/c1-3-14(2)11(15)8-13-10-6-4-9(12)5-7-10/h4-7,13H,3,8H2,1-2H3. The summed E-state index contributed by atoms with van der Waals surface area (Å²) < 4.78 is 0. The van der Waals surface area contributed by atoms with Gasteiger partial charge >= 0.3 is 0 Å². The molecule has 0 saturated heterocycles. The summed E-state index contributed by atoms with van der Waals surface area (Å²) in [5.74, 6) is 0.0763. The summed E-state index contributed by atoms with van der Waals surface area (Å²) >= 11 is 5.74. The van der Waals surface area contributed by atoms with Gasteiger partial charge in [0.2, 0.25) is 5.91 Å². The van der Waals surface area contributed by atoms with E-state index in [9.17, 15) is 4.79 Å². The highest BCUT2D eigenvalue weighted by molar-refractivity contribution is 6.30. The van der Waals surface area contributed by atoms with Crippen molar-refractivity contribution >= 4 is 23.2 Å². The molecule has 1 N–H and O–H groups in total. The largest absolute Gasteiger partial charge is 0.376 e. The smallest absolute Gasteiger partial charge is 0.241 e. The molecule has 0 radical (unpaired) electrons. The summed E-state index contributed by atoms with van der Waals surface area (Å²) in [5.41, 5.74) is 0.900. The van der Waals surface area contributed by atoms with Crippen LogP contribution in [0.15, 0.2) is 24.3 Å². The lowest BCUT2D eigenvalue weighted by atomic mass is 10.3. The maximum atomic E-state index is 11.5. The van der Waals surface area contributed by atoms with Gasteiger partial charge in [-0.1, -0.05) is 11.6 Å². The van der Waals surface area contributed by atoms with Crippen LogP contribution in [0.4, 0.5) is 5.69 Å². The summed E-state index contributed by atoms with van der Waals surface area (Å²) in [6.07, 6.45) is 0. The van der Waals surface area contributed by atoms with Gasteiger partial charge in [-0.05, 0) is 31.2 Å². The highest BCUT2D eigenvalue weighted by Gasteiger charge is 2.05.